The maximum atomic E-state index is 13.9. The van der Waals surface area contributed by atoms with Crippen molar-refractivity contribution >= 4 is 17.6 Å². The fourth-order valence-electron chi connectivity index (χ4n) is 4.70. The number of hydrogen-bond donors (Lipinski definition) is 2. The molecule has 2 amide bonds. The molecule has 2 N–H and O–H groups in total. The van der Waals surface area contributed by atoms with Crippen molar-refractivity contribution in [2.24, 2.45) is 0 Å². The van der Waals surface area contributed by atoms with Gasteiger partial charge in [0.15, 0.2) is 0 Å². The quantitative estimate of drug-likeness (QED) is 0.544. The first-order valence-corrected chi connectivity index (χ1v) is 12.0. The molecule has 8 heteroatoms. The SMILES string of the molecule is Cc1ccccc1C(=O)NC1CCN(CC(=O)Nc2c(C#N)c(C)c(C)n2-c2cccc(F)c2)CC1. The van der Waals surface area contributed by atoms with E-state index in [0.29, 0.717) is 35.7 Å². The molecule has 1 saturated heterocycles. The summed E-state index contributed by atoms with van der Waals surface area (Å²) in [5.41, 5.74) is 4.02. The van der Waals surface area contributed by atoms with E-state index >= 15 is 0 Å². The van der Waals surface area contributed by atoms with Crippen LogP contribution in [0.2, 0.25) is 0 Å². The second kappa shape index (κ2) is 10.8. The summed E-state index contributed by atoms with van der Waals surface area (Å²) < 4.78 is 15.6. The minimum Gasteiger partial charge on any atom is -0.349 e. The smallest absolute Gasteiger partial charge is 0.251 e. The second-order valence-corrected chi connectivity index (χ2v) is 9.25. The van der Waals surface area contributed by atoms with Crippen LogP contribution < -0.4 is 10.6 Å². The zero-order valence-electron chi connectivity index (χ0n) is 20.8. The highest BCUT2D eigenvalue weighted by Crippen LogP contribution is 2.30. The van der Waals surface area contributed by atoms with Crippen LogP contribution in [0.5, 0.6) is 0 Å². The number of nitrogens with one attached hydrogen (secondary N) is 2. The summed E-state index contributed by atoms with van der Waals surface area (Å²) in [4.78, 5) is 27.6. The summed E-state index contributed by atoms with van der Waals surface area (Å²) in [7, 11) is 0. The van der Waals surface area contributed by atoms with Crippen molar-refractivity contribution in [1.82, 2.24) is 14.8 Å². The lowest BCUT2D eigenvalue weighted by atomic mass is 10.0. The Balaban J connectivity index is 1.39. The summed E-state index contributed by atoms with van der Waals surface area (Å²) in [6.07, 6.45) is 1.48. The molecule has 0 spiro atoms. The molecule has 186 valence electrons. The van der Waals surface area contributed by atoms with Crippen molar-refractivity contribution in [2.75, 3.05) is 25.0 Å². The summed E-state index contributed by atoms with van der Waals surface area (Å²) in [6, 6.07) is 15.8. The highest BCUT2D eigenvalue weighted by Gasteiger charge is 2.25. The van der Waals surface area contributed by atoms with Crippen LogP contribution in [-0.2, 0) is 4.79 Å². The Morgan fingerprint density at radius 2 is 1.81 bits per heavy atom. The highest BCUT2D eigenvalue weighted by molar-refractivity contribution is 5.96. The van der Waals surface area contributed by atoms with Gasteiger partial charge in [0.05, 0.1) is 17.8 Å². The fraction of sp³-hybridized carbons (Fsp3) is 0.321. The Kier molecular flexibility index (Phi) is 7.51. The first kappa shape index (κ1) is 25.1. The van der Waals surface area contributed by atoms with Crippen LogP contribution in [0, 0.1) is 37.9 Å². The van der Waals surface area contributed by atoms with Crippen molar-refractivity contribution in [2.45, 2.75) is 39.7 Å². The van der Waals surface area contributed by atoms with Gasteiger partial charge in [-0.2, -0.15) is 5.26 Å². The van der Waals surface area contributed by atoms with E-state index in [1.807, 2.05) is 49.9 Å². The van der Waals surface area contributed by atoms with Gasteiger partial charge in [-0.25, -0.2) is 4.39 Å². The standard InChI is InChI=1S/C28H30FN5O2/c1-18-7-4-5-10-24(18)28(36)31-22-11-13-33(14-12-22)17-26(35)32-27-25(16-30)19(2)20(3)34(27)23-9-6-8-21(29)15-23/h4-10,15,22H,11-14,17H2,1-3H3,(H,31,36)(H,32,35). The lowest BCUT2D eigenvalue weighted by Crippen LogP contribution is -2.46. The predicted octanol–water partition coefficient (Wildman–Crippen LogP) is 4.25. The van der Waals surface area contributed by atoms with Gasteiger partial charge in [-0.05, 0) is 69.0 Å². The van der Waals surface area contributed by atoms with E-state index in [0.717, 1.165) is 29.7 Å². The van der Waals surface area contributed by atoms with E-state index in [1.165, 1.54) is 12.1 Å². The normalized spacial score (nSPS) is 14.3. The third-order valence-corrected chi connectivity index (χ3v) is 6.83. The first-order chi connectivity index (χ1) is 17.3. The molecule has 1 aliphatic rings. The molecule has 2 aromatic carbocycles. The molecule has 36 heavy (non-hydrogen) atoms. The molecule has 1 aromatic heterocycles. The minimum atomic E-state index is -0.397. The molecule has 2 heterocycles. The molecule has 7 nitrogen and oxygen atoms in total. The van der Waals surface area contributed by atoms with Crippen molar-refractivity contribution < 1.29 is 14.0 Å². The maximum absolute atomic E-state index is 13.9. The van der Waals surface area contributed by atoms with E-state index in [4.69, 9.17) is 0 Å². The molecular weight excluding hydrogens is 457 g/mol. The molecule has 4 rings (SSSR count). The highest BCUT2D eigenvalue weighted by atomic mass is 19.1. The minimum absolute atomic E-state index is 0.0529. The van der Waals surface area contributed by atoms with Gasteiger partial charge < -0.3 is 10.6 Å². The Labute approximate surface area is 210 Å². The Hall–Kier alpha value is -3.96. The monoisotopic (exact) mass is 487 g/mol. The largest absolute Gasteiger partial charge is 0.349 e. The molecule has 0 radical (unpaired) electrons. The zero-order chi connectivity index (χ0) is 25.8. The van der Waals surface area contributed by atoms with Gasteiger partial charge in [0.25, 0.3) is 5.91 Å². The number of aryl methyl sites for hydroxylation is 1. The molecular formula is C28H30FN5O2. The van der Waals surface area contributed by atoms with Crippen molar-refractivity contribution in [3.8, 4) is 11.8 Å². The van der Waals surface area contributed by atoms with Crippen LogP contribution in [0.25, 0.3) is 5.69 Å². The maximum Gasteiger partial charge on any atom is 0.251 e. The topological polar surface area (TPSA) is 90.2 Å². The fourth-order valence-corrected chi connectivity index (χ4v) is 4.70. The number of anilines is 1. The average Bonchev–Trinajstić information content (AvgIpc) is 3.09. The van der Waals surface area contributed by atoms with Crippen LogP contribution in [0.1, 0.15) is 45.6 Å². The summed E-state index contributed by atoms with van der Waals surface area (Å²) >= 11 is 0. The van der Waals surface area contributed by atoms with Gasteiger partial charge in [-0.3, -0.25) is 19.1 Å². The number of likely N-dealkylation sites (tertiary alicyclic amines) is 1. The van der Waals surface area contributed by atoms with E-state index in [9.17, 15) is 19.2 Å². The van der Waals surface area contributed by atoms with E-state index in [1.54, 1.807) is 16.7 Å². The van der Waals surface area contributed by atoms with Crippen LogP contribution in [-0.4, -0.2) is 47.0 Å². The molecule has 0 aliphatic carbocycles. The molecule has 0 bridgehead atoms. The number of benzene rings is 2. The number of carbonyl (C=O) groups is 2. The Morgan fingerprint density at radius 1 is 1.08 bits per heavy atom. The summed E-state index contributed by atoms with van der Waals surface area (Å²) in [5, 5.41) is 15.7. The number of hydrogen-bond acceptors (Lipinski definition) is 4. The first-order valence-electron chi connectivity index (χ1n) is 12.0. The Morgan fingerprint density at radius 3 is 2.47 bits per heavy atom. The molecule has 0 unspecified atom stereocenters. The van der Waals surface area contributed by atoms with Gasteiger partial charge in [0.1, 0.15) is 17.7 Å². The van der Waals surface area contributed by atoms with Crippen molar-refractivity contribution in [3.05, 3.63) is 82.3 Å². The van der Waals surface area contributed by atoms with Gasteiger partial charge in [0, 0.05) is 30.4 Å². The number of carbonyl (C=O) groups excluding carboxylic acids is 2. The Bertz CT molecular complexity index is 1330. The third kappa shape index (κ3) is 5.31. The number of aromatic nitrogens is 1. The number of amides is 2. The van der Waals surface area contributed by atoms with Crippen LogP contribution in [0.3, 0.4) is 0 Å². The van der Waals surface area contributed by atoms with Crippen molar-refractivity contribution in [3.63, 3.8) is 0 Å². The molecule has 1 aliphatic heterocycles. The molecule has 0 atom stereocenters. The predicted molar refractivity (Wildman–Crippen MR) is 137 cm³/mol. The van der Waals surface area contributed by atoms with Crippen LogP contribution in [0.15, 0.2) is 48.5 Å². The molecule has 0 saturated carbocycles. The molecule has 3 aromatic rings. The van der Waals surface area contributed by atoms with Crippen LogP contribution >= 0.6 is 0 Å². The number of piperidine rings is 1. The van der Waals surface area contributed by atoms with Gasteiger partial charge in [-0.15, -0.1) is 0 Å². The number of nitrogens with zero attached hydrogens (tertiary/aromatic N) is 3. The summed E-state index contributed by atoms with van der Waals surface area (Å²) in [5.74, 6) is -0.365. The lowest BCUT2D eigenvalue weighted by Gasteiger charge is -2.32. The zero-order valence-corrected chi connectivity index (χ0v) is 20.8. The van der Waals surface area contributed by atoms with Crippen molar-refractivity contribution in [1.29, 1.82) is 5.26 Å². The third-order valence-electron chi connectivity index (χ3n) is 6.83. The van der Waals surface area contributed by atoms with Gasteiger partial charge in [0.2, 0.25) is 5.91 Å². The van der Waals surface area contributed by atoms with E-state index < -0.39 is 5.82 Å². The molecule has 1 fully saturated rings. The summed E-state index contributed by atoms with van der Waals surface area (Å²) in [6.45, 7) is 7.07. The number of nitriles is 1. The van der Waals surface area contributed by atoms with Crippen LogP contribution in [0.4, 0.5) is 10.2 Å². The van der Waals surface area contributed by atoms with E-state index in [-0.39, 0.29) is 24.4 Å². The lowest BCUT2D eigenvalue weighted by molar-refractivity contribution is -0.117. The van der Waals surface area contributed by atoms with E-state index in [2.05, 4.69) is 16.7 Å². The average molecular weight is 488 g/mol. The number of halogens is 1. The second-order valence-electron chi connectivity index (χ2n) is 9.25. The van der Waals surface area contributed by atoms with Gasteiger partial charge in [-0.1, -0.05) is 24.3 Å². The van der Waals surface area contributed by atoms with Gasteiger partial charge >= 0.3 is 0 Å². The number of rotatable bonds is 6.